The van der Waals surface area contributed by atoms with Crippen LogP contribution in [0.4, 0.5) is 0 Å². The number of likely N-dealkylation sites (tertiary alicyclic amines) is 1. The molecule has 0 bridgehead atoms. The van der Waals surface area contributed by atoms with Gasteiger partial charge in [0.05, 0.1) is 16.6 Å². The van der Waals surface area contributed by atoms with Gasteiger partial charge in [-0.1, -0.05) is 19.3 Å². The van der Waals surface area contributed by atoms with E-state index in [4.69, 9.17) is 0 Å². The second-order valence-corrected chi connectivity index (χ2v) is 7.70. The van der Waals surface area contributed by atoms with Crippen molar-refractivity contribution in [2.75, 3.05) is 13.1 Å². The number of amides is 2. The molecular weight excluding hydrogens is 310 g/mol. The number of hydrogen-bond acceptors (Lipinski definition) is 4. The summed E-state index contributed by atoms with van der Waals surface area (Å²) in [5.74, 6) is -0.00242. The summed E-state index contributed by atoms with van der Waals surface area (Å²) in [5, 5.41) is 6.06. The van der Waals surface area contributed by atoms with Crippen molar-refractivity contribution in [2.24, 2.45) is 5.92 Å². The SMILES string of the molecule is Cc1nc(CCNC(=O)C2CC(=O)N(C3CCCCC3)C2)cs1. The molecule has 1 aliphatic heterocycles. The lowest BCUT2D eigenvalue weighted by Crippen LogP contribution is -2.39. The molecule has 0 aromatic carbocycles. The van der Waals surface area contributed by atoms with E-state index >= 15 is 0 Å². The van der Waals surface area contributed by atoms with Crippen molar-refractivity contribution in [3.8, 4) is 0 Å². The normalized spacial score (nSPS) is 22.6. The second-order valence-electron chi connectivity index (χ2n) is 6.64. The number of aromatic nitrogens is 1. The number of nitrogens with zero attached hydrogens (tertiary/aromatic N) is 2. The minimum atomic E-state index is -0.179. The first kappa shape index (κ1) is 16.4. The molecule has 0 radical (unpaired) electrons. The Morgan fingerprint density at radius 2 is 2.17 bits per heavy atom. The molecule has 5 nitrogen and oxygen atoms in total. The van der Waals surface area contributed by atoms with E-state index in [1.807, 2.05) is 17.2 Å². The van der Waals surface area contributed by atoms with Gasteiger partial charge in [0.25, 0.3) is 0 Å². The lowest BCUT2D eigenvalue weighted by atomic mass is 9.94. The van der Waals surface area contributed by atoms with E-state index in [0.29, 0.717) is 25.6 Å². The summed E-state index contributed by atoms with van der Waals surface area (Å²) in [6.45, 7) is 3.18. The van der Waals surface area contributed by atoms with Crippen LogP contribution in [0.3, 0.4) is 0 Å². The van der Waals surface area contributed by atoms with E-state index in [1.54, 1.807) is 11.3 Å². The lowest BCUT2D eigenvalue weighted by molar-refractivity contribution is -0.130. The molecule has 1 saturated heterocycles. The monoisotopic (exact) mass is 335 g/mol. The Labute approximate surface area is 141 Å². The lowest BCUT2D eigenvalue weighted by Gasteiger charge is -2.31. The van der Waals surface area contributed by atoms with E-state index in [2.05, 4.69) is 10.3 Å². The van der Waals surface area contributed by atoms with Crippen LogP contribution in [0, 0.1) is 12.8 Å². The second kappa shape index (κ2) is 7.43. The summed E-state index contributed by atoms with van der Waals surface area (Å²) in [6, 6.07) is 0.368. The number of carbonyl (C=O) groups excluding carboxylic acids is 2. The molecule has 2 aliphatic rings. The van der Waals surface area contributed by atoms with Crippen LogP contribution in [-0.4, -0.2) is 40.8 Å². The van der Waals surface area contributed by atoms with Crippen LogP contribution in [0.1, 0.15) is 49.2 Å². The molecule has 1 unspecified atom stereocenters. The minimum absolute atomic E-state index is 0.0172. The van der Waals surface area contributed by atoms with Gasteiger partial charge in [0.2, 0.25) is 11.8 Å². The molecule has 1 saturated carbocycles. The Morgan fingerprint density at radius 1 is 1.39 bits per heavy atom. The van der Waals surface area contributed by atoms with Crippen molar-refractivity contribution in [2.45, 2.75) is 57.9 Å². The molecule has 126 valence electrons. The van der Waals surface area contributed by atoms with Gasteiger partial charge in [-0.15, -0.1) is 11.3 Å². The molecule has 1 N–H and O–H groups in total. The Balaban J connectivity index is 1.45. The molecule has 1 aliphatic carbocycles. The topological polar surface area (TPSA) is 62.3 Å². The standard InChI is InChI=1S/C17H25N3O2S/c1-12-19-14(11-23-12)7-8-18-17(22)13-9-16(21)20(10-13)15-5-3-2-4-6-15/h11,13,15H,2-10H2,1H3,(H,18,22). The highest BCUT2D eigenvalue weighted by molar-refractivity contribution is 7.09. The van der Waals surface area contributed by atoms with E-state index in [9.17, 15) is 9.59 Å². The molecule has 2 amide bonds. The van der Waals surface area contributed by atoms with Crippen molar-refractivity contribution < 1.29 is 9.59 Å². The van der Waals surface area contributed by atoms with Gasteiger partial charge in [-0.05, 0) is 19.8 Å². The highest BCUT2D eigenvalue weighted by Crippen LogP contribution is 2.28. The van der Waals surface area contributed by atoms with Crippen LogP contribution in [0.2, 0.25) is 0 Å². The first-order valence-corrected chi connectivity index (χ1v) is 9.49. The fourth-order valence-corrected chi connectivity index (χ4v) is 4.28. The van der Waals surface area contributed by atoms with Crippen LogP contribution in [0.5, 0.6) is 0 Å². The van der Waals surface area contributed by atoms with E-state index in [0.717, 1.165) is 30.0 Å². The van der Waals surface area contributed by atoms with Gasteiger partial charge in [0, 0.05) is 37.4 Å². The molecular formula is C17H25N3O2S. The Morgan fingerprint density at radius 3 is 2.87 bits per heavy atom. The average Bonchev–Trinajstić information content (AvgIpc) is 3.14. The average molecular weight is 335 g/mol. The molecule has 6 heteroatoms. The van der Waals surface area contributed by atoms with Crippen LogP contribution in [0.25, 0.3) is 0 Å². The van der Waals surface area contributed by atoms with E-state index < -0.39 is 0 Å². The molecule has 0 spiro atoms. The van der Waals surface area contributed by atoms with Crippen molar-refractivity contribution in [1.29, 1.82) is 0 Å². The Bertz CT molecular complexity index is 566. The zero-order valence-electron chi connectivity index (χ0n) is 13.7. The number of hydrogen-bond donors (Lipinski definition) is 1. The summed E-state index contributed by atoms with van der Waals surface area (Å²) in [4.78, 5) is 30.9. The molecule has 1 aromatic rings. The van der Waals surface area contributed by atoms with Gasteiger partial charge < -0.3 is 10.2 Å². The number of rotatable bonds is 5. The fourth-order valence-electron chi connectivity index (χ4n) is 3.63. The van der Waals surface area contributed by atoms with Crippen LogP contribution >= 0.6 is 11.3 Å². The Kier molecular flexibility index (Phi) is 5.30. The van der Waals surface area contributed by atoms with Gasteiger partial charge in [-0.2, -0.15) is 0 Å². The third-order valence-corrected chi connectivity index (χ3v) is 5.71. The van der Waals surface area contributed by atoms with Crippen LogP contribution in [0.15, 0.2) is 5.38 Å². The first-order chi connectivity index (χ1) is 11.1. The quantitative estimate of drug-likeness (QED) is 0.898. The zero-order valence-corrected chi connectivity index (χ0v) is 14.5. The molecule has 2 fully saturated rings. The summed E-state index contributed by atoms with van der Waals surface area (Å²) in [7, 11) is 0. The molecule has 23 heavy (non-hydrogen) atoms. The largest absolute Gasteiger partial charge is 0.355 e. The predicted molar refractivity (Wildman–Crippen MR) is 90.3 cm³/mol. The summed E-state index contributed by atoms with van der Waals surface area (Å²) >= 11 is 1.63. The maximum Gasteiger partial charge on any atom is 0.225 e. The molecule has 2 heterocycles. The fraction of sp³-hybridized carbons (Fsp3) is 0.706. The number of thiazole rings is 1. The molecule has 1 aromatic heterocycles. The summed E-state index contributed by atoms with van der Waals surface area (Å²) in [6.07, 6.45) is 7.02. The van der Waals surface area contributed by atoms with Crippen molar-refractivity contribution >= 4 is 23.2 Å². The van der Waals surface area contributed by atoms with Crippen LogP contribution < -0.4 is 5.32 Å². The van der Waals surface area contributed by atoms with E-state index in [-0.39, 0.29) is 17.7 Å². The Hall–Kier alpha value is -1.43. The third kappa shape index (κ3) is 4.10. The summed E-state index contributed by atoms with van der Waals surface area (Å²) in [5.41, 5.74) is 1.03. The van der Waals surface area contributed by atoms with Crippen molar-refractivity contribution in [3.63, 3.8) is 0 Å². The maximum absolute atomic E-state index is 12.3. The van der Waals surface area contributed by atoms with Gasteiger partial charge in [0.15, 0.2) is 0 Å². The van der Waals surface area contributed by atoms with Gasteiger partial charge in [-0.3, -0.25) is 9.59 Å². The van der Waals surface area contributed by atoms with Crippen molar-refractivity contribution in [1.82, 2.24) is 15.2 Å². The number of nitrogens with one attached hydrogen (secondary N) is 1. The minimum Gasteiger partial charge on any atom is -0.355 e. The highest BCUT2D eigenvalue weighted by atomic mass is 32.1. The smallest absolute Gasteiger partial charge is 0.225 e. The first-order valence-electron chi connectivity index (χ1n) is 8.61. The predicted octanol–water partition coefficient (Wildman–Crippen LogP) is 2.29. The van der Waals surface area contributed by atoms with Gasteiger partial charge in [-0.25, -0.2) is 4.98 Å². The van der Waals surface area contributed by atoms with Gasteiger partial charge >= 0.3 is 0 Å². The maximum atomic E-state index is 12.3. The molecule has 3 rings (SSSR count). The third-order valence-electron chi connectivity index (χ3n) is 4.89. The number of aryl methyl sites for hydroxylation is 1. The van der Waals surface area contributed by atoms with Gasteiger partial charge in [0.1, 0.15) is 0 Å². The molecule has 1 atom stereocenters. The highest BCUT2D eigenvalue weighted by Gasteiger charge is 2.37. The summed E-state index contributed by atoms with van der Waals surface area (Å²) < 4.78 is 0. The van der Waals surface area contributed by atoms with Crippen molar-refractivity contribution in [3.05, 3.63) is 16.1 Å². The van der Waals surface area contributed by atoms with Crippen LogP contribution in [-0.2, 0) is 16.0 Å². The van der Waals surface area contributed by atoms with E-state index in [1.165, 1.54) is 19.3 Å². The zero-order chi connectivity index (χ0) is 16.2. The number of carbonyl (C=O) groups is 2.